The molecule has 31 heavy (non-hydrogen) atoms. The molecule has 0 spiro atoms. The molecule has 0 aromatic carbocycles. The monoisotopic (exact) mass is 438 g/mol. The van der Waals surface area contributed by atoms with Crippen LogP contribution in [-0.2, 0) is 9.53 Å². The molecule has 0 aliphatic heterocycles. The lowest BCUT2D eigenvalue weighted by Crippen LogP contribution is -2.14. The van der Waals surface area contributed by atoms with Crippen LogP contribution in [0.15, 0.2) is 0 Å². The van der Waals surface area contributed by atoms with Crippen molar-refractivity contribution in [3.8, 4) is 0 Å². The van der Waals surface area contributed by atoms with E-state index in [-0.39, 0.29) is 12.1 Å². The van der Waals surface area contributed by atoms with Crippen molar-refractivity contribution in [2.45, 2.75) is 181 Å². The first-order valence-electron chi connectivity index (χ1n) is 14.4. The Morgan fingerprint density at radius 1 is 0.516 bits per heavy atom. The maximum atomic E-state index is 12.0. The van der Waals surface area contributed by atoms with Crippen LogP contribution < -0.4 is 0 Å². The van der Waals surface area contributed by atoms with E-state index in [4.69, 9.17) is 4.74 Å². The van der Waals surface area contributed by atoms with E-state index < -0.39 is 0 Å². The van der Waals surface area contributed by atoms with Crippen molar-refractivity contribution < 1.29 is 9.53 Å². The second-order valence-electron chi connectivity index (χ2n) is 9.91. The minimum Gasteiger partial charge on any atom is -0.463 e. The van der Waals surface area contributed by atoms with E-state index in [0.29, 0.717) is 6.42 Å². The molecule has 0 aromatic heterocycles. The van der Waals surface area contributed by atoms with E-state index in [1.165, 1.54) is 135 Å². The lowest BCUT2D eigenvalue weighted by molar-refractivity contribution is -0.148. The Balaban J connectivity index is 3.30. The molecule has 2 heteroatoms. The van der Waals surface area contributed by atoms with Crippen molar-refractivity contribution in [3.05, 3.63) is 0 Å². The molecule has 0 N–H and O–H groups in total. The van der Waals surface area contributed by atoms with Crippen molar-refractivity contribution in [1.29, 1.82) is 0 Å². The Bertz CT molecular complexity index is 353. The highest BCUT2D eigenvalue weighted by molar-refractivity contribution is 5.69. The lowest BCUT2D eigenvalue weighted by Gasteiger charge is -2.13. The summed E-state index contributed by atoms with van der Waals surface area (Å²) in [5.74, 6) is 0.0199. The fourth-order valence-corrected chi connectivity index (χ4v) is 4.37. The van der Waals surface area contributed by atoms with Crippen molar-refractivity contribution in [2.75, 3.05) is 0 Å². The van der Waals surface area contributed by atoms with Gasteiger partial charge in [-0.25, -0.2) is 0 Å². The third-order valence-electron chi connectivity index (χ3n) is 6.53. The lowest BCUT2D eigenvalue weighted by atomic mass is 10.0. The molecule has 1 atom stereocenters. The predicted molar refractivity (Wildman–Crippen MR) is 138 cm³/mol. The quantitative estimate of drug-likeness (QED) is 0.105. The molecule has 0 bridgehead atoms. The molecule has 0 saturated carbocycles. The number of carbonyl (C=O) groups is 1. The Labute approximate surface area is 196 Å². The number of rotatable bonds is 25. The van der Waals surface area contributed by atoms with Crippen LogP contribution in [0.2, 0.25) is 0 Å². The van der Waals surface area contributed by atoms with Crippen molar-refractivity contribution >= 4 is 5.97 Å². The van der Waals surface area contributed by atoms with E-state index in [0.717, 1.165) is 12.8 Å². The molecule has 0 aromatic rings. The fraction of sp³-hybridized carbons (Fsp3) is 0.966. The molecular weight excluding hydrogens is 380 g/mol. The van der Waals surface area contributed by atoms with E-state index in [9.17, 15) is 4.79 Å². The van der Waals surface area contributed by atoms with Gasteiger partial charge in [-0.1, -0.05) is 142 Å². The van der Waals surface area contributed by atoms with Crippen molar-refractivity contribution in [2.24, 2.45) is 0 Å². The topological polar surface area (TPSA) is 26.3 Å². The fourth-order valence-electron chi connectivity index (χ4n) is 4.37. The van der Waals surface area contributed by atoms with Gasteiger partial charge in [0, 0.05) is 6.42 Å². The largest absolute Gasteiger partial charge is 0.463 e. The van der Waals surface area contributed by atoms with E-state index in [1.807, 2.05) is 0 Å². The van der Waals surface area contributed by atoms with Crippen LogP contribution in [0.1, 0.15) is 175 Å². The Hall–Kier alpha value is -0.530. The maximum Gasteiger partial charge on any atom is 0.306 e. The van der Waals surface area contributed by atoms with Crippen LogP contribution in [0.3, 0.4) is 0 Å². The standard InChI is InChI=1S/C29H58O2/c1-4-6-8-10-12-14-16-18-20-22-24-26-28(3)31-29(30)27-25-23-21-19-17-15-13-11-9-7-5-2/h28H,4-27H2,1-3H3. The zero-order valence-corrected chi connectivity index (χ0v) is 21.9. The Kier molecular flexibility index (Phi) is 25.3. The first kappa shape index (κ1) is 30.5. The van der Waals surface area contributed by atoms with Crippen molar-refractivity contribution in [3.63, 3.8) is 0 Å². The van der Waals surface area contributed by atoms with Crippen LogP contribution in [0.4, 0.5) is 0 Å². The second-order valence-corrected chi connectivity index (χ2v) is 9.91. The average Bonchev–Trinajstić information content (AvgIpc) is 2.75. The van der Waals surface area contributed by atoms with E-state index in [2.05, 4.69) is 20.8 Å². The van der Waals surface area contributed by atoms with Gasteiger partial charge >= 0.3 is 5.97 Å². The number of ether oxygens (including phenoxy) is 1. The molecule has 0 radical (unpaired) electrons. The van der Waals surface area contributed by atoms with Crippen LogP contribution in [0, 0.1) is 0 Å². The number of esters is 1. The van der Waals surface area contributed by atoms with Crippen LogP contribution in [-0.4, -0.2) is 12.1 Å². The van der Waals surface area contributed by atoms with Gasteiger partial charge in [-0.3, -0.25) is 4.79 Å². The van der Waals surface area contributed by atoms with Gasteiger partial charge in [0.1, 0.15) is 0 Å². The molecule has 186 valence electrons. The number of unbranched alkanes of at least 4 members (excludes halogenated alkanes) is 20. The summed E-state index contributed by atoms with van der Waals surface area (Å²) in [4.78, 5) is 12.0. The van der Waals surface area contributed by atoms with E-state index in [1.54, 1.807) is 0 Å². The SMILES string of the molecule is CCCCCCCCCCCCCC(=O)OC(C)CCCCCCCCCCCCC. The van der Waals surface area contributed by atoms with Gasteiger partial charge in [0.05, 0.1) is 6.10 Å². The van der Waals surface area contributed by atoms with Gasteiger partial charge < -0.3 is 4.74 Å². The summed E-state index contributed by atoms with van der Waals surface area (Å²) in [6, 6.07) is 0. The third kappa shape index (κ3) is 25.6. The minimum absolute atomic E-state index is 0.0199. The van der Waals surface area contributed by atoms with Gasteiger partial charge in [-0.15, -0.1) is 0 Å². The molecule has 2 nitrogen and oxygen atoms in total. The Morgan fingerprint density at radius 3 is 1.23 bits per heavy atom. The molecule has 0 aliphatic carbocycles. The minimum atomic E-state index is 0.0199. The van der Waals surface area contributed by atoms with Gasteiger partial charge in [0.15, 0.2) is 0 Å². The molecule has 0 amide bonds. The van der Waals surface area contributed by atoms with Crippen LogP contribution >= 0.6 is 0 Å². The molecule has 0 saturated heterocycles. The smallest absolute Gasteiger partial charge is 0.306 e. The molecule has 0 fully saturated rings. The molecule has 1 unspecified atom stereocenters. The van der Waals surface area contributed by atoms with Gasteiger partial charge in [0.25, 0.3) is 0 Å². The normalized spacial score (nSPS) is 12.2. The highest BCUT2D eigenvalue weighted by Gasteiger charge is 2.09. The number of hydrogen-bond acceptors (Lipinski definition) is 2. The third-order valence-corrected chi connectivity index (χ3v) is 6.53. The first-order chi connectivity index (χ1) is 15.2. The second kappa shape index (κ2) is 25.7. The van der Waals surface area contributed by atoms with Gasteiger partial charge in [-0.05, 0) is 26.2 Å². The Morgan fingerprint density at radius 2 is 0.839 bits per heavy atom. The maximum absolute atomic E-state index is 12.0. The number of carbonyl (C=O) groups excluding carboxylic acids is 1. The first-order valence-corrected chi connectivity index (χ1v) is 14.4. The average molecular weight is 439 g/mol. The molecular formula is C29H58O2. The summed E-state index contributed by atoms with van der Waals surface area (Å²) in [5.41, 5.74) is 0. The number of hydrogen-bond donors (Lipinski definition) is 0. The highest BCUT2D eigenvalue weighted by Crippen LogP contribution is 2.15. The van der Waals surface area contributed by atoms with Crippen molar-refractivity contribution in [1.82, 2.24) is 0 Å². The highest BCUT2D eigenvalue weighted by atomic mass is 16.5. The predicted octanol–water partition coefficient (Wildman–Crippen LogP) is 10.3. The summed E-state index contributed by atoms with van der Waals surface area (Å²) in [5, 5.41) is 0. The zero-order valence-electron chi connectivity index (χ0n) is 21.9. The molecule has 0 rings (SSSR count). The summed E-state index contributed by atoms with van der Waals surface area (Å²) in [7, 11) is 0. The van der Waals surface area contributed by atoms with Crippen LogP contribution in [0.5, 0.6) is 0 Å². The summed E-state index contributed by atoms with van der Waals surface area (Å²) < 4.78 is 5.60. The van der Waals surface area contributed by atoms with Crippen LogP contribution in [0.25, 0.3) is 0 Å². The summed E-state index contributed by atoms with van der Waals surface area (Å²) in [6.07, 6.45) is 31.3. The zero-order chi connectivity index (χ0) is 22.8. The van der Waals surface area contributed by atoms with E-state index >= 15 is 0 Å². The molecule has 0 aliphatic rings. The summed E-state index contributed by atoms with van der Waals surface area (Å²) >= 11 is 0. The van der Waals surface area contributed by atoms with Gasteiger partial charge in [-0.2, -0.15) is 0 Å². The van der Waals surface area contributed by atoms with Gasteiger partial charge in [0.2, 0.25) is 0 Å². The summed E-state index contributed by atoms with van der Waals surface area (Å²) in [6.45, 7) is 6.62. The molecule has 0 heterocycles.